The summed E-state index contributed by atoms with van der Waals surface area (Å²) in [6.07, 6.45) is 0. The van der Waals surface area contributed by atoms with Crippen molar-refractivity contribution >= 4 is 23.2 Å². The molecule has 1 aliphatic rings. The lowest BCUT2D eigenvalue weighted by Crippen LogP contribution is -2.38. The van der Waals surface area contributed by atoms with Crippen LogP contribution in [0.4, 0.5) is 5.69 Å². The van der Waals surface area contributed by atoms with Crippen LogP contribution in [0.1, 0.15) is 10.5 Å². The number of pyridine rings is 1. The first-order valence-electron chi connectivity index (χ1n) is 6.44. The molecule has 2 aromatic rings. The van der Waals surface area contributed by atoms with Gasteiger partial charge < -0.3 is 14.4 Å². The lowest BCUT2D eigenvalue weighted by atomic mass is 10.2. The highest BCUT2D eigenvalue weighted by molar-refractivity contribution is 6.31. The third kappa shape index (κ3) is 2.64. The number of amides is 1. The number of aromatic nitrogens is 1. The molecule has 0 fully saturated rings. The second-order valence-corrected chi connectivity index (χ2v) is 4.92. The van der Waals surface area contributed by atoms with Crippen LogP contribution in [0.5, 0.6) is 11.6 Å². The third-order valence-electron chi connectivity index (χ3n) is 3.18. The molecule has 1 aliphatic heterocycles. The smallest absolute Gasteiger partial charge is 0.277 e. The number of nitrogens with zero attached hydrogens (tertiary/aromatic N) is 2. The van der Waals surface area contributed by atoms with Crippen molar-refractivity contribution in [3.63, 3.8) is 0 Å². The molecule has 6 heteroatoms. The molecular weight excluding hydrogens is 292 g/mol. The molecule has 0 saturated heterocycles. The number of fused-ring (bicyclic) bond motifs is 1. The van der Waals surface area contributed by atoms with Gasteiger partial charge in [0.15, 0.2) is 0 Å². The van der Waals surface area contributed by atoms with Gasteiger partial charge in [-0.1, -0.05) is 17.7 Å². The summed E-state index contributed by atoms with van der Waals surface area (Å²) in [5.74, 6) is 0.836. The predicted octanol–water partition coefficient (Wildman–Crippen LogP) is 2.78. The fourth-order valence-corrected chi connectivity index (χ4v) is 2.35. The van der Waals surface area contributed by atoms with Gasteiger partial charge in [0, 0.05) is 11.1 Å². The van der Waals surface area contributed by atoms with Crippen LogP contribution in [-0.4, -0.2) is 31.2 Å². The first-order valence-corrected chi connectivity index (χ1v) is 6.82. The highest BCUT2D eigenvalue weighted by atomic mass is 35.5. The summed E-state index contributed by atoms with van der Waals surface area (Å²) in [7, 11) is 1.51. The summed E-state index contributed by atoms with van der Waals surface area (Å²) in [5.41, 5.74) is 0.977. The van der Waals surface area contributed by atoms with Gasteiger partial charge in [-0.2, -0.15) is 0 Å². The van der Waals surface area contributed by atoms with Crippen molar-refractivity contribution in [3.8, 4) is 11.6 Å². The number of ether oxygens (including phenoxy) is 2. The Labute approximate surface area is 127 Å². The van der Waals surface area contributed by atoms with Crippen LogP contribution in [0.25, 0.3) is 0 Å². The maximum atomic E-state index is 12.7. The van der Waals surface area contributed by atoms with Gasteiger partial charge in [-0.15, -0.1) is 0 Å². The van der Waals surface area contributed by atoms with E-state index in [2.05, 4.69) is 4.98 Å². The molecule has 5 nitrogen and oxygen atoms in total. The molecule has 0 atom stereocenters. The Morgan fingerprint density at radius 2 is 2.24 bits per heavy atom. The zero-order valence-electron chi connectivity index (χ0n) is 11.4. The molecule has 3 rings (SSSR count). The zero-order valence-corrected chi connectivity index (χ0v) is 12.1. The molecular formula is C15H13ClN2O3. The van der Waals surface area contributed by atoms with E-state index in [4.69, 9.17) is 21.1 Å². The van der Waals surface area contributed by atoms with Gasteiger partial charge in [0.25, 0.3) is 5.91 Å². The lowest BCUT2D eigenvalue weighted by molar-refractivity contribution is 0.0971. The van der Waals surface area contributed by atoms with E-state index < -0.39 is 0 Å². The topological polar surface area (TPSA) is 51.7 Å². The maximum absolute atomic E-state index is 12.7. The summed E-state index contributed by atoms with van der Waals surface area (Å²) in [6, 6.07) is 10.3. The Hall–Kier alpha value is -2.27. The predicted molar refractivity (Wildman–Crippen MR) is 79.4 cm³/mol. The summed E-state index contributed by atoms with van der Waals surface area (Å²) >= 11 is 6.01. The lowest BCUT2D eigenvalue weighted by Gasteiger charge is -2.29. The average molecular weight is 305 g/mol. The fourth-order valence-electron chi connectivity index (χ4n) is 2.19. The second kappa shape index (κ2) is 5.61. The zero-order chi connectivity index (χ0) is 14.8. The van der Waals surface area contributed by atoms with E-state index in [1.807, 2.05) is 0 Å². The summed E-state index contributed by atoms with van der Waals surface area (Å²) in [6.45, 7) is 0.884. The van der Waals surface area contributed by atoms with E-state index in [0.29, 0.717) is 41.2 Å². The maximum Gasteiger partial charge on any atom is 0.277 e. The molecule has 1 amide bonds. The van der Waals surface area contributed by atoms with E-state index >= 15 is 0 Å². The molecule has 0 bridgehead atoms. The van der Waals surface area contributed by atoms with Crippen molar-refractivity contribution in [2.24, 2.45) is 0 Å². The number of anilines is 1. The minimum Gasteiger partial charge on any atom is -0.490 e. The van der Waals surface area contributed by atoms with E-state index in [1.165, 1.54) is 7.11 Å². The number of hydrogen-bond acceptors (Lipinski definition) is 4. The van der Waals surface area contributed by atoms with Gasteiger partial charge in [-0.25, -0.2) is 4.98 Å². The van der Waals surface area contributed by atoms with Crippen molar-refractivity contribution in [2.45, 2.75) is 0 Å². The SMILES string of the molecule is COc1cccc(C(=O)N2CCOc3ccc(Cl)cc32)n1. The molecule has 108 valence electrons. The van der Waals surface area contributed by atoms with Crippen molar-refractivity contribution < 1.29 is 14.3 Å². The number of carbonyl (C=O) groups is 1. The number of carbonyl (C=O) groups excluding carboxylic acids is 1. The normalized spacial score (nSPS) is 13.3. The van der Waals surface area contributed by atoms with Crippen LogP contribution in [0.3, 0.4) is 0 Å². The van der Waals surface area contributed by atoms with Gasteiger partial charge in [0.05, 0.1) is 19.3 Å². The first-order chi connectivity index (χ1) is 10.2. The molecule has 0 unspecified atom stereocenters. The second-order valence-electron chi connectivity index (χ2n) is 4.48. The molecule has 1 aromatic heterocycles. The van der Waals surface area contributed by atoms with E-state index in [0.717, 1.165) is 0 Å². The molecule has 0 aliphatic carbocycles. The quantitative estimate of drug-likeness (QED) is 0.856. The molecule has 0 saturated carbocycles. The van der Waals surface area contributed by atoms with Crippen LogP contribution in [0.15, 0.2) is 36.4 Å². The van der Waals surface area contributed by atoms with Crippen LogP contribution in [-0.2, 0) is 0 Å². The number of rotatable bonds is 2. The Bertz CT molecular complexity index is 690. The van der Waals surface area contributed by atoms with Gasteiger partial charge in [0.2, 0.25) is 5.88 Å². The summed E-state index contributed by atoms with van der Waals surface area (Å²) < 4.78 is 10.6. The number of halogens is 1. The van der Waals surface area contributed by atoms with E-state index in [9.17, 15) is 4.79 Å². The molecule has 0 spiro atoms. The Kier molecular flexibility index (Phi) is 3.66. The van der Waals surface area contributed by atoms with Gasteiger partial charge >= 0.3 is 0 Å². The van der Waals surface area contributed by atoms with Gasteiger partial charge in [-0.05, 0) is 24.3 Å². The van der Waals surface area contributed by atoms with Crippen molar-refractivity contribution in [2.75, 3.05) is 25.2 Å². The average Bonchev–Trinajstić information content (AvgIpc) is 2.53. The Morgan fingerprint density at radius 1 is 1.38 bits per heavy atom. The van der Waals surface area contributed by atoms with Crippen LogP contribution in [0, 0.1) is 0 Å². The highest BCUT2D eigenvalue weighted by Gasteiger charge is 2.26. The van der Waals surface area contributed by atoms with E-state index in [-0.39, 0.29) is 5.91 Å². The van der Waals surface area contributed by atoms with Crippen molar-refractivity contribution in [3.05, 3.63) is 47.1 Å². The van der Waals surface area contributed by atoms with Gasteiger partial charge in [-0.3, -0.25) is 4.79 Å². The van der Waals surface area contributed by atoms with Crippen molar-refractivity contribution in [1.29, 1.82) is 0 Å². The standard InChI is InChI=1S/C15H13ClN2O3/c1-20-14-4-2-3-11(17-14)15(19)18-7-8-21-13-6-5-10(16)9-12(13)18/h2-6,9H,7-8H2,1H3. The van der Waals surface area contributed by atoms with Crippen LogP contribution < -0.4 is 14.4 Å². The molecule has 0 radical (unpaired) electrons. The molecule has 0 N–H and O–H groups in total. The van der Waals surface area contributed by atoms with Crippen LogP contribution >= 0.6 is 11.6 Å². The largest absolute Gasteiger partial charge is 0.490 e. The van der Waals surface area contributed by atoms with E-state index in [1.54, 1.807) is 41.3 Å². The monoisotopic (exact) mass is 304 g/mol. The third-order valence-corrected chi connectivity index (χ3v) is 3.42. The highest BCUT2D eigenvalue weighted by Crippen LogP contribution is 2.34. The fraction of sp³-hybridized carbons (Fsp3) is 0.200. The minimum absolute atomic E-state index is 0.208. The van der Waals surface area contributed by atoms with Gasteiger partial charge in [0.1, 0.15) is 18.1 Å². The Balaban J connectivity index is 1.97. The number of hydrogen-bond donors (Lipinski definition) is 0. The number of methoxy groups -OCH3 is 1. The minimum atomic E-state index is -0.208. The van der Waals surface area contributed by atoms with Crippen LogP contribution in [0.2, 0.25) is 5.02 Å². The molecule has 2 heterocycles. The number of benzene rings is 1. The summed E-state index contributed by atoms with van der Waals surface area (Å²) in [5, 5.41) is 0.552. The Morgan fingerprint density at radius 3 is 3.05 bits per heavy atom. The first kappa shape index (κ1) is 13.7. The summed E-state index contributed by atoms with van der Waals surface area (Å²) in [4.78, 5) is 18.4. The molecule has 21 heavy (non-hydrogen) atoms. The molecule has 1 aromatic carbocycles. The van der Waals surface area contributed by atoms with Crippen molar-refractivity contribution in [1.82, 2.24) is 4.98 Å².